The summed E-state index contributed by atoms with van der Waals surface area (Å²) in [7, 11) is 0. The Morgan fingerprint density at radius 3 is 2.65 bits per heavy atom. The minimum atomic E-state index is -0.142. The van der Waals surface area contributed by atoms with Gasteiger partial charge < -0.3 is 10.3 Å². The maximum atomic E-state index is 12.6. The van der Waals surface area contributed by atoms with Crippen molar-refractivity contribution >= 4 is 46.3 Å². The van der Waals surface area contributed by atoms with Crippen LogP contribution in [0, 0.1) is 11.3 Å². The first-order chi connectivity index (χ1) is 18.0. The minimum absolute atomic E-state index is 0.142. The van der Waals surface area contributed by atoms with Gasteiger partial charge in [-0.15, -0.1) is 21.5 Å². The van der Waals surface area contributed by atoms with Crippen molar-refractivity contribution in [3.05, 3.63) is 94.4 Å². The number of benzene rings is 2. The topological polar surface area (TPSA) is 107 Å². The fourth-order valence-electron chi connectivity index (χ4n) is 3.92. The number of hydrogen-bond donors (Lipinski definition) is 2. The van der Waals surface area contributed by atoms with Crippen molar-refractivity contribution in [1.82, 2.24) is 20.2 Å². The predicted molar refractivity (Wildman–Crippen MR) is 146 cm³/mol. The van der Waals surface area contributed by atoms with Crippen LogP contribution in [0.2, 0.25) is 10.0 Å². The zero-order valence-electron chi connectivity index (χ0n) is 19.2. The Morgan fingerprint density at radius 1 is 1.08 bits per heavy atom. The molecule has 5 aromatic rings. The van der Waals surface area contributed by atoms with Crippen LogP contribution in [0.4, 0.5) is 5.82 Å². The molecule has 37 heavy (non-hydrogen) atoms. The lowest BCUT2D eigenvalue weighted by Gasteiger charge is -2.08. The van der Waals surface area contributed by atoms with Gasteiger partial charge >= 0.3 is 0 Å². The van der Waals surface area contributed by atoms with E-state index in [0.717, 1.165) is 11.1 Å². The second-order valence-corrected chi connectivity index (χ2v) is 9.91. The number of nitrogens with one attached hydrogen (secondary N) is 2. The van der Waals surface area contributed by atoms with Crippen molar-refractivity contribution in [2.75, 3.05) is 5.32 Å². The number of thiophene rings is 1. The number of nitriles is 1. The lowest BCUT2D eigenvalue weighted by Crippen LogP contribution is -2.13. The average Bonchev–Trinajstić information content (AvgIpc) is 3.56. The third-order valence-corrected chi connectivity index (χ3v) is 7.42. The van der Waals surface area contributed by atoms with Crippen molar-refractivity contribution in [2.45, 2.75) is 12.8 Å². The highest BCUT2D eigenvalue weighted by Crippen LogP contribution is 2.48. The first kappa shape index (κ1) is 24.7. The van der Waals surface area contributed by atoms with Gasteiger partial charge in [0, 0.05) is 33.8 Å². The number of halogens is 2. The van der Waals surface area contributed by atoms with Crippen molar-refractivity contribution in [1.29, 1.82) is 5.26 Å². The fourth-order valence-corrected chi connectivity index (χ4v) is 5.63. The molecule has 0 spiro atoms. The second kappa shape index (κ2) is 10.9. The van der Waals surface area contributed by atoms with Crippen LogP contribution in [-0.4, -0.2) is 26.1 Å². The number of H-pyrrole nitrogens is 1. The molecule has 1 amide bonds. The zero-order valence-corrected chi connectivity index (χ0v) is 21.5. The van der Waals surface area contributed by atoms with Crippen molar-refractivity contribution in [2.24, 2.45) is 0 Å². The van der Waals surface area contributed by atoms with Gasteiger partial charge in [-0.25, -0.2) is 4.98 Å². The third kappa shape index (κ3) is 5.39. The molecule has 7 nitrogen and oxygen atoms in total. The van der Waals surface area contributed by atoms with Crippen LogP contribution in [0.1, 0.15) is 17.5 Å². The molecule has 0 atom stereocenters. The summed E-state index contributed by atoms with van der Waals surface area (Å²) < 4.78 is 0. The lowest BCUT2D eigenvalue weighted by atomic mass is 9.98. The molecule has 0 unspecified atom stereocenters. The number of aryl methyl sites for hydroxylation is 1. The van der Waals surface area contributed by atoms with Crippen LogP contribution >= 0.6 is 34.5 Å². The Kier molecular flexibility index (Phi) is 7.28. The molecule has 0 aliphatic rings. The predicted octanol–water partition coefficient (Wildman–Crippen LogP) is 7.01. The summed E-state index contributed by atoms with van der Waals surface area (Å²) in [6.45, 7) is 0. The SMILES string of the molecule is N#Cc1c(-c2ccnc(NC(=O)CCc3ccccc3)c2)sc(-c2nnc[nH]2)c1-c1ccc(Cl)cc1Cl. The highest BCUT2D eigenvalue weighted by molar-refractivity contribution is 7.19. The van der Waals surface area contributed by atoms with Crippen LogP contribution < -0.4 is 5.32 Å². The van der Waals surface area contributed by atoms with Crippen molar-refractivity contribution in [3.8, 4) is 38.3 Å². The number of amides is 1. The van der Waals surface area contributed by atoms with Gasteiger partial charge in [-0.2, -0.15) is 5.26 Å². The molecule has 182 valence electrons. The summed E-state index contributed by atoms with van der Waals surface area (Å²) in [5, 5.41) is 22.1. The number of pyridine rings is 1. The fraction of sp³-hybridized carbons (Fsp3) is 0.0741. The molecule has 2 aromatic carbocycles. The minimum Gasteiger partial charge on any atom is -0.327 e. The molecule has 5 rings (SSSR count). The molecule has 0 fully saturated rings. The Bertz CT molecular complexity index is 1610. The smallest absolute Gasteiger partial charge is 0.225 e. The molecule has 10 heteroatoms. The largest absolute Gasteiger partial charge is 0.327 e. The van der Waals surface area contributed by atoms with Gasteiger partial charge in [-0.3, -0.25) is 4.79 Å². The molecule has 3 aromatic heterocycles. The molecule has 2 N–H and O–H groups in total. The lowest BCUT2D eigenvalue weighted by molar-refractivity contribution is -0.116. The van der Waals surface area contributed by atoms with Gasteiger partial charge in [0.2, 0.25) is 5.91 Å². The van der Waals surface area contributed by atoms with Crippen molar-refractivity contribution < 1.29 is 4.79 Å². The van der Waals surface area contributed by atoms with Gasteiger partial charge in [0.25, 0.3) is 0 Å². The number of aromatic nitrogens is 4. The molecule has 3 heterocycles. The molecule has 0 aliphatic carbocycles. The number of anilines is 1. The molecule has 0 saturated heterocycles. The van der Waals surface area contributed by atoms with Gasteiger partial charge in [0.05, 0.1) is 15.3 Å². The number of hydrogen-bond acceptors (Lipinski definition) is 6. The van der Waals surface area contributed by atoms with Crippen LogP contribution in [-0.2, 0) is 11.2 Å². The Labute approximate surface area is 226 Å². The van der Waals surface area contributed by atoms with Gasteiger partial charge in [-0.05, 0) is 41.8 Å². The van der Waals surface area contributed by atoms with E-state index in [4.69, 9.17) is 23.2 Å². The van der Waals surface area contributed by atoms with E-state index in [1.54, 1.807) is 36.5 Å². The van der Waals surface area contributed by atoms with Crippen molar-refractivity contribution in [3.63, 3.8) is 0 Å². The number of aromatic amines is 1. The summed E-state index contributed by atoms with van der Waals surface area (Å²) in [4.78, 5) is 21.3. The standard InChI is InChI=1S/C27H18Cl2N6OS/c28-18-7-8-19(21(29)13-18)24-20(14-30)25(37-26(24)27-32-15-33-35-27)17-10-11-31-22(12-17)34-23(36)9-6-16-4-2-1-3-5-16/h1-5,7-8,10-13,15H,6,9H2,(H,31,34,36)(H,32,33,35). The molecule has 0 bridgehead atoms. The highest BCUT2D eigenvalue weighted by atomic mass is 35.5. The Morgan fingerprint density at radius 2 is 1.92 bits per heavy atom. The average molecular weight is 545 g/mol. The van der Waals surface area contributed by atoms with E-state index >= 15 is 0 Å². The van der Waals surface area contributed by atoms with Gasteiger partial charge in [0.15, 0.2) is 5.82 Å². The van der Waals surface area contributed by atoms with Gasteiger partial charge in [0.1, 0.15) is 18.2 Å². The molecule has 0 radical (unpaired) electrons. The maximum absolute atomic E-state index is 12.6. The van der Waals surface area contributed by atoms with Crippen LogP contribution in [0.3, 0.4) is 0 Å². The molecular weight excluding hydrogens is 527 g/mol. The van der Waals surface area contributed by atoms with Crippen LogP contribution in [0.15, 0.2) is 73.2 Å². The third-order valence-electron chi connectivity index (χ3n) is 5.63. The van der Waals surface area contributed by atoms with E-state index < -0.39 is 0 Å². The summed E-state index contributed by atoms with van der Waals surface area (Å²) >= 11 is 14.0. The molecule has 0 aliphatic heterocycles. The van der Waals surface area contributed by atoms with E-state index in [1.807, 2.05) is 30.3 Å². The van der Waals surface area contributed by atoms with Crippen LogP contribution in [0.25, 0.3) is 32.3 Å². The first-order valence-electron chi connectivity index (χ1n) is 11.2. The number of carbonyl (C=O) groups is 1. The maximum Gasteiger partial charge on any atom is 0.225 e. The summed E-state index contributed by atoms with van der Waals surface area (Å²) in [6, 6.07) is 20.8. The van der Waals surface area contributed by atoms with E-state index in [-0.39, 0.29) is 5.91 Å². The van der Waals surface area contributed by atoms with Gasteiger partial charge in [-0.1, -0.05) is 59.6 Å². The Balaban J connectivity index is 1.50. The highest BCUT2D eigenvalue weighted by Gasteiger charge is 2.25. The molecule has 0 saturated carbocycles. The number of nitrogens with zero attached hydrogens (tertiary/aromatic N) is 4. The monoisotopic (exact) mass is 544 g/mol. The zero-order chi connectivity index (χ0) is 25.8. The summed E-state index contributed by atoms with van der Waals surface area (Å²) in [5.41, 5.74) is 3.52. The quantitative estimate of drug-likeness (QED) is 0.229. The Hall–Kier alpha value is -4.03. The van der Waals surface area contributed by atoms with E-state index in [2.05, 4.69) is 31.6 Å². The number of carbonyl (C=O) groups excluding carboxylic acids is 1. The summed E-state index contributed by atoms with van der Waals surface area (Å²) in [5.74, 6) is 0.772. The van der Waals surface area contributed by atoms with E-state index in [9.17, 15) is 10.1 Å². The normalized spacial score (nSPS) is 10.7. The van der Waals surface area contributed by atoms with E-state index in [0.29, 0.717) is 61.0 Å². The summed E-state index contributed by atoms with van der Waals surface area (Å²) in [6.07, 6.45) is 4.03. The second-order valence-electron chi connectivity index (χ2n) is 8.05. The van der Waals surface area contributed by atoms with Crippen LogP contribution in [0.5, 0.6) is 0 Å². The number of rotatable bonds is 7. The van der Waals surface area contributed by atoms with E-state index in [1.165, 1.54) is 17.7 Å². The molecular formula is C27H18Cl2N6OS. The first-order valence-corrected chi connectivity index (χ1v) is 12.8.